The average Bonchev–Trinajstić information content (AvgIpc) is 3.03. The summed E-state index contributed by atoms with van der Waals surface area (Å²) >= 11 is 0. The molecular weight excluding hydrogens is 290 g/mol. The standard InChI is InChI=1S/C19H21NO3/c1-22-19(21)16-10-13-6-7-17(16)20(11-13)9-8-14-12-23-18-5-3-2-4-15(14)18/h2-7,12-13,16-17H,8-11H2,1H3/t13-,16+,17+/m0/s1. The minimum absolute atomic E-state index is 0.0233. The van der Waals surface area contributed by atoms with Crippen LogP contribution in [0, 0.1) is 11.8 Å². The maximum atomic E-state index is 12.0. The van der Waals surface area contributed by atoms with E-state index in [1.165, 1.54) is 18.1 Å². The van der Waals surface area contributed by atoms with Gasteiger partial charge in [0.15, 0.2) is 0 Å². The number of nitrogens with zero attached hydrogens (tertiary/aromatic N) is 1. The SMILES string of the molecule is COC(=O)[C@@H]1C[C@@H]2C=C[C@H]1N(CCc1coc3ccccc13)C2. The van der Waals surface area contributed by atoms with E-state index in [0.717, 1.165) is 31.5 Å². The molecule has 0 spiro atoms. The predicted octanol–water partition coefficient (Wildman–Crippen LogP) is 3.02. The topological polar surface area (TPSA) is 42.7 Å². The number of hydrogen-bond acceptors (Lipinski definition) is 4. The second-order valence-corrected chi connectivity index (χ2v) is 6.50. The van der Waals surface area contributed by atoms with Crippen LogP contribution < -0.4 is 0 Å². The highest BCUT2D eigenvalue weighted by Crippen LogP contribution is 2.35. The fourth-order valence-corrected chi connectivity index (χ4v) is 4.00. The molecule has 1 fully saturated rings. The van der Waals surface area contributed by atoms with Gasteiger partial charge >= 0.3 is 5.97 Å². The third-order valence-corrected chi connectivity index (χ3v) is 5.17. The summed E-state index contributed by atoms with van der Waals surface area (Å²) in [6.45, 7) is 1.97. The number of hydrogen-bond donors (Lipinski definition) is 0. The maximum absolute atomic E-state index is 12.0. The first-order chi connectivity index (χ1) is 11.3. The molecule has 0 radical (unpaired) electrons. The minimum Gasteiger partial charge on any atom is -0.469 e. The Labute approximate surface area is 135 Å². The van der Waals surface area contributed by atoms with Crippen LogP contribution in [0.4, 0.5) is 0 Å². The number of piperidine rings is 1. The lowest BCUT2D eigenvalue weighted by Gasteiger charge is -2.45. The monoisotopic (exact) mass is 311 g/mol. The van der Waals surface area contributed by atoms with Gasteiger partial charge in [0.25, 0.3) is 0 Å². The Morgan fingerprint density at radius 1 is 1.35 bits per heavy atom. The molecule has 0 saturated carbocycles. The molecule has 0 N–H and O–H groups in total. The van der Waals surface area contributed by atoms with Crippen molar-refractivity contribution in [3.8, 4) is 0 Å². The van der Waals surface area contributed by atoms with E-state index >= 15 is 0 Å². The van der Waals surface area contributed by atoms with Crippen molar-refractivity contribution in [2.75, 3.05) is 20.2 Å². The van der Waals surface area contributed by atoms with Gasteiger partial charge in [0.1, 0.15) is 5.58 Å². The van der Waals surface area contributed by atoms with Crippen LogP contribution in [0.25, 0.3) is 11.0 Å². The van der Waals surface area contributed by atoms with E-state index in [9.17, 15) is 4.79 Å². The van der Waals surface area contributed by atoms with Crippen LogP contribution >= 0.6 is 0 Å². The van der Waals surface area contributed by atoms with Crippen LogP contribution in [-0.2, 0) is 16.0 Å². The number of fused-ring (bicyclic) bond motifs is 3. The molecule has 3 atom stereocenters. The molecule has 2 aromatic rings. The molecule has 5 rings (SSSR count). The summed E-state index contributed by atoms with van der Waals surface area (Å²) in [4.78, 5) is 14.4. The van der Waals surface area contributed by atoms with Crippen molar-refractivity contribution in [3.05, 3.63) is 48.2 Å². The van der Waals surface area contributed by atoms with Gasteiger partial charge in [-0.25, -0.2) is 0 Å². The van der Waals surface area contributed by atoms with E-state index in [1.54, 1.807) is 0 Å². The van der Waals surface area contributed by atoms with E-state index in [0.29, 0.717) is 5.92 Å². The molecule has 2 aliphatic heterocycles. The maximum Gasteiger partial charge on any atom is 0.310 e. The molecule has 1 aliphatic carbocycles. The number of carbonyl (C=O) groups excluding carboxylic acids is 1. The quantitative estimate of drug-likeness (QED) is 0.643. The lowest BCUT2D eigenvalue weighted by Crippen LogP contribution is -2.53. The van der Waals surface area contributed by atoms with Gasteiger partial charge in [-0.3, -0.25) is 9.69 Å². The molecule has 1 aromatic carbocycles. The fraction of sp³-hybridized carbons (Fsp3) is 0.421. The summed E-state index contributed by atoms with van der Waals surface area (Å²) in [6, 6.07) is 8.31. The summed E-state index contributed by atoms with van der Waals surface area (Å²) in [5, 5.41) is 1.19. The first kappa shape index (κ1) is 14.5. The highest BCUT2D eigenvalue weighted by Gasteiger charge is 2.41. The van der Waals surface area contributed by atoms with Crippen LogP contribution in [0.15, 0.2) is 47.1 Å². The summed E-state index contributed by atoms with van der Waals surface area (Å²) in [7, 11) is 1.48. The molecule has 4 nitrogen and oxygen atoms in total. The normalized spacial score (nSPS) is 26.7. The van der Waals surface area contributed by atoms with E-state index < -0.39 is 0 Å². The average molecular weight is 311 g/mol. The van der Waals surface area contributed by atoms with E-state index in [1.807, 2.05) is 24.5 Å². The van der Waals surface area contributed by atoms with E-state index in [2.05, 4.69) is 23.1 Å². The van der Waals surface area contributed by atoms with Crippen molar-refractivity contribution in [1.29, 1.82) is 0 Å². The van der Waals surface area contributed by atoms with Gasteiger partial charge in [-0.2, -0.15) is 0 Å². The molecule has 120 valence electrons. The highest BCUT2D eigenvalue weighted by molar-refractivity contribution is 5.80. The van der Waals surface area contributed by atoms with Gasteiger partial charge in [0, 0.05) is 24.5 Å². The van der Waals surface area contributed by atoms with Crippen molar-refractivity contribution in [2.45, 2.75) is 18.9 Å². The van der Waals surface area contributed by atoms with Crippen LogP contribution in [0.1, 0.15) is 12.0 Å². The van der Waals surface area contributed by atoms with Crippen molar-refractivity contribution < 1.29 is 13.9 Å². The summed E-state index contributed by atoms with van der Waals surface area (Å²) in [5.41, 5.74) is 2.18. The molecule has 23 heavy (non-hydrogen) atoms. The number of benzene rings is 1. The smallest absolute Gasteiger partial charge is 0.310 e. The van der Waals surface area contributed by atoms with Gasteiger partial charge < -0.3 is 9.15 Å². The zero-order valence-electron chi connectivity index (χ0n) is 13.3. The van der Waals surface area contributed by atoms with Crippen molar-refractivity contribution >= 4 is 16.9 Å². The van der Waals surface area contributed by atoms with E-state index in [-0.39, 0.29) is 17.9 Å². The number of ether oxygens (including phenoxy) is 1. The van der Waals surface area contributed by atoms with Crippen molar-refractivity contribution in [3.63, 3.8) is 0 Å². The Morgan fingerprint density at radius 3 is 3.04 bits per heavy atom. The Balaban J connectivity index is 1.49. The van der Waals surface area contributed by atoms with Crippen molar-refractivity contribution in [2.24, 2.45) is 11.8 Å². The van der Waals surface area contributed by atoms with Crippen LogP contribution in [0.3, 0.4) is 0 Å². The molecule has 0 unspecified atom stereocenters. The highest BCUT2D eigenvalue weighted by atomic mass is 16.5. The number of esters is 1. The minimum atomic E-state index is -0.0807. The fourth-order valence-electron chi connectivity index (χ4n) is 4.00. The molecule has 3 aliphatic rings. The number of methoxy groups -OCH3 is 1. The third kappa shape index (κ3) is 2.57. The predicted molar refractivity (Wildman–Crippen MR) is 88.0 cm³/mol. The Kier molecular flexibility index (Phi) is 3.69. The third-order valence-electron chi connectivity index (χ3n) is 5.17. The van der Waals surface area contributed by atoms with Gasteiger partial charge in [-0.15, -0.1) is 0 Å². The van der Waals surface area contributed by atoms with Gasteiger partial charge in [0.2, 0.25) is 0 Å². The molecule has 2 bridgehead atoms. The molecular formula is C19H21NO3. The largest absolute Gasteiger partial charge is 0.469 e. The van der Waals surface area contributed by atoms with Gasteiger partial charge in [0.05, 0.1) is 19.3 Å². The van der Waals surface area contributed by atoms with Gasteiger partial charge in [-0.1, -0.05) is 30.4 Å². The Morgan fingerprint density at radius 2 is 2.22 bits per heavy atom. The second-order valence-electron chi connectivity index (χ2n) is 6.50. The molecule has 3 heterocycles. The van der Waals surface area contributed by atoms with Gasteiger partial charge in [-0.05, 0) is 30.4 Å². The number of para-hydroxylation sites is 1. The lowest BCUT2D eigenvalue weighted by atomic mass is 9.77. The number of carbonyl (C=O) groups is 1. The molecule has 1 saturated heterocycles. The summed E-state index contributed by atoms with van der Waals surface area (Å²) in [5.74, 6) is 0.359. The molecule has 0 amide bonds. The Hall–Kier alpha value is -2.07. The van der Waals surface area contributed by atoms with E-state index in [4.69, 9.17) is 9.15 Å². The van der Waals surface area contributed by atoms with Crippen LogP contribution in [0.2, 0.25) is 0 Å². The number of rotatable bonds is 4. The van der Waals surface area contributed by atoms with Crippen LogP contribution in [-0.4, -0.2) is 37.1 Å². The first-order valence-corrected chi connectivity index (χ1v) is 8.21. The zero-order chi connectivity index (χ0) is 15.8. The number of furan rings is 1. The molecule has 1 aromatic heterocycles. The zero-order valence-corrected chi connectivity index (χ0v) is 13.3. The molecule has 4 heteroatoms. The first-order valence-electron chi connectivity index (χ1n) is 8.21. The van der Waals surface area contributed by atoms with Crippen molar-refractivity contribution in [1.82, 2.24) is 4.90 Å². The second kappa shape index (κ2) is 5.85. The lowest BCUT2D eigenvalue weighted by molar-refractivity contribution is -0.150. The summed E-state index contributed by atoms with van der Waals surface area (Å²) < 4.78 is 10.6. The Bertz CT molecular complexity index is 748. The summed E-state index contributed by atoms with van der Waals surface area (Å²) in [6.07, 6.45) is 8.15. The van der Waals surface area contributed by atoms with Crippen LogP contribution in [0.5, 0.6) is 0 Å².